The molecule has 0 aliphatic heterocycles. The van der Waals surface area contributed by atoms with E-state index in [-0.39, 0.29) is 28.6 Å². The van der Waals surface area contributed by atoms with E-state index in [0.717, 1.165) is 5.56 Å². The summed E-state index contributed by atoms with van der Waals surface area (Å²) < 4.78 is 29.9. The first-order valence-corrected chi connectivity index (χ1v) is 13.4. The minimum atomic E-state index is -3.87. The lowest BCUT2D eigenvalue weighted by Crippen LogP contribution is -2.19. The maximum absolute atomic E-state index is 13.5. The SMILES string of the molecule is Cc1ccc(S(=O)(=O)n2ccc3c(NC(C)C4CC4)nc(Nc4nn(C(C)C)cc4Cl)nc32)cc1. The number of hydrogen-bond acceptors (Lipinski definition) is 7. The average molecular weight is 514 g/mol. The number of aromatic nitrogens is 5. The smallest absolute Gasteiger partial charge is 0.269 e. The molecule has 2 N–H and O–H groups in total. The van der Waals surface area contributed by atoms with Gasteiger partial charge >= 0.3 is 0 Å². The summed E-state index contributed by atoms with van der Waals surface area (Å²) in [6.07, 6.45) is 5.58. The van der Waals surface area contributed by atoms with Crippen LogP contribution in [0.15, 0.2) is 47.6 Å². The van der Waals surface area contributed by atoms with Gasteiger partial charge < -0.3 is 10.6 Å². The van der Waals surface area contributed by atoms with Crippen molar-refractivity contribution >= 4 is 50.2 Å². The number of halogens is 1. The van der Waals surface area contributed by atoms with Crippen molar-refractivity contribution in [2.24, 2.45) is 5.92 Å². The van der Waals surface area contributed by atoms with Gasteiger partial charge in [0.2, 0.25) is 5.95 Å². The fourth-order valence-electron chi connectivity index (χ4n) is 3.93. The van der Waals surface area contributed by atoms with Crippen LogP contribution in [0.2, 0.25) is 5.02 Å². The lowest BCUT2D eigenvalue weighted by molar-refractivity contribution is 0.534. The fourth-order valence-corrected chi connectivity index (χ4v) is 5.41. The minimum absolute atomic E-state index is 0.125. The highest BCUT2D eigenvalue weighted by Gasteiger charge is 2.29. The van der Waals surface area contributed by atoms with E-state index in [0.29, 0.717) is 28.0 Å². The molecule has 1 atom stereocenters. The van der Waals surface area contributed by atoms with Crippen molar-refractivity contribution in [3.8, 4) is 0 Å². The molecule has 35 heavy (non-hydrogen) atoms. The van der Waals surface area contributed by atoms with Crippen LogP contribution in [-0.4, -0.2) is 38.2 Å². The highest BCUT2D eigenvalue weighted by Crippen LogP contribution is 2.36. The molecular weight excluding hydrogens is 486 g/mol. The molecule has 9 nitrogen and oxygen atoms in total. The molecule has 0 amide bonds. The monoisotopic (exact) mass is 513 g/mol. The molecule has 0 spiro atoms. The molecule has 184 valence electrons. The highest BCUT2D eigenvalue weighted by atomic mass is 35.5. The maximum Gasteiger partial charge on any atom is 0.269 e. The van der Waals surface area contributed by atoms with Crippen LogP contribution in [0.3, 0.4) is 0 Å². The molecule has 1 fully saturated rings. The number of fused-ring (bicyclic) bond motifs is 1. The van der Waals surface area contributed by atoms with Crippen molar-refractivity contribution in [2.75, 3.05) is 10.6 Å². The first kappa shape index (κ1) is 23.6. The van der Waals surface area contributed by atoms with E-state index in [4.69, 9.17) is 11.6 Å². The summed E-state index contributed by atoms with van der Waals surface area (Å²) in [7, 11) is -3.87. The zero-order valence-electron chi connectivity index (χ0n) is 20.0. The summed E-state index contributed by atoms with van der Waals surface area (Å²) in [6, 6.07) is 8.80. The Morgan fingerprint density at radius 1 is 1.06 bits per heavy atom. The molecule has 0 radical (unpaired) electrons. The molecule has 1 aromatic carbocycles. The summed E-state index contributed by atoms with van der Waals surface area (Å²) in [5, 5.41) is 12.1. The normalized spacial score (nSPS) is 15.0. The van der Waals surface area contributed by atoms with Crippen molar-refractivity contribution in [1.82, 2.24) is 23.7 Å². The second-order valence-corrected chi connectivity index (χ2v) is 11.6. The Bertz CT molecular complexity index is 1490. The van der Waals surface area contributed by atoms with Gasteiger partial charge in [-0.1, -0.05) is 29.3 Å². The van der Waals surface area contributed by atoms with Gasteiger partial charge in [-0.2, -0.15) is 15.1 Å². The third kappa shape index (κ3) is 4.60. The number of rotatable bonds is 8. The molecule has 4 aromatic rings. The highest BCUT2D eigenvalue weighted by molar-refractivity contribution is 7.90. The van der Waals surface area contributed by atoms with Gasteiger partial charge in [-0.05, 0) is 64.7 Å². The molecule has 1 aliphatic carbocycles. The summed E-state index contributed by atoms with van der Waals surface area (Å²) >= 11 is 6.39. The van der Waals surface area contributed by atoms with Crippen molar-refractivity contribution in [3.05, 3.63) is 53.3 Å². The fraction of sp³-hybridized carbons (Fsp3) is 0.375. The molecule has 1 unspecified atom stereocenters. The molecule has 1 saturated carbocycles. The van der Waals surface area contributed by atoms with Gasteiger partial charge in [0.15, 0.2) is 11.5 Å². The van der Waals surface area contributed by atoms with Gasteiger partial charge in [0.25, 0.3) is 10.0 Å². The standard InChI is InChI=1S/C24H28ClN7O2S/c1-14(2)31-13-20(25)22(30-31)28-24-27-21(26-16(4)17-7-8-17)19-11-12-32(23(19)29-24)35(33,34)18-9-5-15(3)6-10-18/h5-6,9-14,16-17H,7-8H2,1-4H3,(H2,26,27,28,29,30). The summed E-state index contributed by atoms with van der Waals surface area (Å²) in [5.74, 6) is 1.75. The zero-order chi connectivity index (χ0) is 24.9. The zero-order valence-corrected chi connectivity index (χ0v) is 21.6. The third-order valence-corrected chi connectivity index (χ3v) is 8.19. The molecule has 5 rings (SSSR count). The van der Waals surface area contributed by atoms with Crippen LogP contribution in [0.25, 0.3) is 11.0 Å². The number of benzene rings is 1. The second-order valence-electron chi connectivity index (χ2n) is 9.36. The Morgan fingerprint density at radius 3 is 2.40 bits per heavy atom. The predicted molar refractivity (Wildman–Crippen MR) is 138 cm³/mol. The summed E-state index contributed by atoms with van der Waals surface area (Å²) in [4.78, 5) is 9.44. The number of aryl methyl sites for hydroxylation is 1. The van der Waals surface area contributed by atoms with E-state index in [1.165, 1.54) is 23.0 Å². The van der Waals surface area contributed by atoms with Crippen LogP contribution in [0.4, 0.5) is 17.6 Å². The largest absolute Gasteiger partial charge is 0.367 e. The molecule has 11 heteroatoms. The van der Waals surface area contributed by atoms with Gasteiger partial charge in [0.05, 0.1) is 10.3 Å². The van der Waals surface area contributed by atoms with E-state index < -0.39 is 10.0 Å². The topological polar surface area (TPSA) is 107 Å². The molecular formula is C24H28ClN7O2S. The van der Waals surface area contributed by atoms with E-state index in [1.54, 1.807) is 41.2 Å². The van der Waals surface area contributed by atoms with E-state index >= 15 is 0 Å². The van der Waals surface area contributed by atoms with Crippen LogP contribution in [0.1, 0.15) is 45.2 Å². The van der Waals surface area contributed by atoms with Crippen LogP contribution >= 0.6 is 11.6 Å². The summed E-state index contributed by atoms with van der Waals surface area (Å²) in [6.45, 7) is 8.02. The number of nitrogens with zero attached hydrogens (tertiary/aromatic N) is 5. The lowest BCUT2D eigenvalue weighted by atomic mass is 10.2. The van der Waals surface area contributed by atoms with Crippen LogP contribution < -0.4 is 10.6 Å². The number of hydrogen-bond donors (Lipinski definition) is 2. The Morgan fingerprint density at radius 2 is 1.77 bits per heavy atom. The van der Waals surface area contributed by atoms with Gasteiger partial charge in [-0.25, -0.2) is 12.4 Å². The van der Waals surface area contributed by atoms with Gasteiger partial charge in [-0.15, -0.1) is 0 Å². The van der Waals surface area contributed by atoms with Crippen LogP contribution in [0, 0.1) is 12.8 Å². The Kier molecular flexibility index (Phi) is 5.96. The van der Waals surface area contributed by atoms with Crippen LogP contribution in [0.5, 0.6) is 0 Å². The van der Waals surface area contributed by atoms with Gasteiger partial charge in [0, 0.05) is 24.5 Å². The number of nitrogens with one attached hydrogen (secondary N) is 2. The van der Waals surface area contributed by atoms with Gasteiger partial charge in [-0.3, -0.25) is 4.68 Å². The van der Waals surface area contributed by atoms with Crippen LogP contribution in [-0.2, 0) is 10.0 Å². The Balaban J connectivity index is 1.61. The van der Waals surface area contributed by atoms with Gasteiger partial charge in [0.1, 0.15) is 10.8 Å². The van der Waals surface area contributed by atoms with Crippen molar-refractivity contribution < 1.29 is 8.42 Å². The number of anilines is 3. The molecule has 3 heterocycles. The first-order valence-electron chi connectivity index (χ1n) is 11.6. The average Bonchev–Trinajstić information content (AvgIpc) is 3.47. The predicted octanol–water partition coefficient (Wildman–Crippen LogP) is 5.36. The molecule has 0 saturated heterocycles. The molecule has 3 aromatic heterocycles. The molecule has 0 bridgehead atoms. The Hall–Kier alpha value is -3.11. The van der Waals surface area contributed by atoms with Crippen molar-refractivity contribution in [1.29, 1.82) is 0 Å². The van der Waals surface area contributed by atoms with E-state index in [2.05, 4.69) is 32.6 Å². The van der Waals surface area contributed by atoms with Crippen molar-refractivity contribution in [3.63, 3.8) is 0 Å². The lowest BCUT2D eigenvalue weighted by Gasteiger charge is -2.16. The minimum Gasteiger partial charge on any atom is -0.367 e. The summed E-state index contributed by atoms with van der Waals surface area (Å²) in [5.41, 5.74) is 1.25. The quantitative estimate of drug-likeness (QED) is 0.326. The molecule has 1 aliphatic rings. The second kappa shape index (κ2) is 8.83. The first-order chi connectivity index (χ1) is 16.6. The van der Waals surface area contributed by atoms with Crippen molar-refractivity contribution in [2.45, 2.75) is 57.5 Å². The maximum atomic E-state index is 13.5. The van der Waals surface area contributed by atoms with E-state index in [9.17, 15) is 8.42 Å². The van der Waals surface area contributed by atoms with E-state index in [1.807, 2.05) is 20.8 Å². The Labute approximate surface area is 209 Å². The third-order valence-electron chi connectivity index (χ3n) is 6.23.